The topological polar surface area (TPSA) is 49.3 Å². The van der Waals surface area contributed by atoms with E-state index in [1.807, 2.05) is 20.0 Å². The Hall–Kier alpha value is -1.36. The fourth-order valence-corrected chi connectivity index (χ4v) is 2.95. The summed E-state index contributed by atoms with van der Waals surface area (Å²) in [5.74, 6) is 0.577. The Kier molecular flexibility index (Phi) is 9.34. The number of halogens is 4. The molecule has 2 N–H and O–H groups in total. The van der Waals surface area contributed by atoms with Crippen LogP contribution < -0.4 is 10.6 Å². The number of aliphatic imine (C=N–C) groups is 1. The van der Waals surface area contributed by atoms with Crippen LogP contribution in [0.15, 0.2) is 35.5 Å². The summed E-state index contributed by atoms with van der Waals surface area (Å²) in [7, 11) is 0. The molecule has 1 aromatic carbocycles. The van der Waals surface area contributed by atoms with E-state index in [0.717, 1.165) is 23.6 Å². The van der Waals surface area contributed by atoms with Crippen molar-refractivity contribution in [2.45, 2.75) is 33.0 Å². The molecule has 0 atom stereocenters. The number of nitrogens with one attached hydrogen (secondary N) is 2. The molecule has 0 aliphatic carbocycles. The van der Waals surface area contributed by atoms with Crippen LogP contribution in [0, 0.1) is 6.92 Å². The number of aromatic nitrogens is 1. The molecule has 4 nitrogen and oxygen atoms in total. The highest BCUT2D eigenvalue weighted by Crippen LogP contribution is 2.29. The highest BCUT2D eigenvalue weighted by Gasteiger charge is 2.30. The van der Waals surface area contributed by atoms with Crippen molar-refractivity contribution in [1.29, 1.82) is 0 Å². The molecule has 2 rings (SSSR count). The zero-order valence-corrected chi connectivity index (χ0v) is 17.7. The van der Waals surface area contributed by atoms with Crippen molar-refractivity contribution < 1.29 is 13.2 Å². The molecule has 2 aromatic rings. The fourth-order valence-electron chi connectivity index (χ4n) is 2.16. The number of guanidine groups is 1. The second-order valence-electron chi connectivity index (χ2n) is 5.43. The lowest BCUT2D eigenvalue weighted by molar-refractivity contribution is -0.137. The van der Waals surface area contributed by atoms with Crippen molar-refractivity contribution in [2.24, 2.45) is 4.99 Å². The van der Waals surface area contributed by atoms with Crippen LogP contribution >= 0.6 is 35.3 Å². The molecule has 0 spiro atoms. The molecular weight excluding hydrogens is 476 g/mol. The standard InChI is InChI=1S/C17H21F3N4S.HI/c1-3-21-16(22-8-7-15-23-10-12(2)25-15)24-11-13-5-4-6-14(9-13)17(18,19)20;/h4-6,9-10H,3,7-8,11H2,1-2H3,(H2,21,22,24);1H. The van der Waals surface area contributed by atoms with Gasteiger partial charge in [0, 0.05) is 30.6 Å². The predicted molar refractivity (Wildman–Crippen MR) is 110 cm³/mol. The minimum absolute atomic E-state index is 0. The van der Waals surface area contributed by atoms with Crippen LogP contribution in [0.5, 0.6) is 0 Å². The van der Waals surface area contributed by atoms with Gasteiger partial charge in [-0.2, -0.15) is 13.2 Å². The molecule has 0 saturated heterocycles. The van der Waals surface area contributed by atoms with Crippen LogP contribution in [0.4, 0.5) is 13.2 Å². The maximum Gasteiger partial charge on any atom is 0.416 e. The Bertz CT molecular complexity index is 716. The van der Waals surface area contributed by atoms with Crippen LogP contribution in [0.3, 0.4) is 0 Å². The lowest BCUT2D eigenvalue weighted by atomic mass is 10.1. The van der Waals surface area contributed by atoms with Crippen LogP contribution in [-0.2, 0) is 19.1 Å². The number of aryl methyl sites for hydroxylation is 1. The van der Waals surface area contributed by atoms with Crippen LogP contribution in [0.2, 0.25) is 0 Å². The molecule has 26 heavy (non-hydrogen) atoms. The second-order valence-corrected chi connectivity index (χ2v) is 6.75. The summed E-state index contributed by atoms with van der Waals surface area (Å²) in [5.41, 5.74) is -0.139. The Labute approximate surface area is 172 Å². The first-order valence-corrected chi connectivity index (χ1v) is 8.79. The van der Waals surface area contributed by atoms with Gasteiger partial charge in [-0.25, -0.2) is 9.98 Å². The summed E-state index contributed by atoms with van der Waals surface area (Å²) >= 11 is 1.65. The number of thiazole rings is 1. The summed E-state index contributed by atoms with van der Waals surface area (Å²) in [6.45, 7) is 5.45. The number of hydrogen-bond acceptors (Lipinski definition) is 3. The number of benzene rings is 1. The molecule has 0 unspecified atom stereocenters. The number of rotatable bonds is 6. The van der Waals surface area contributed by atoms with Crippen molar-refractivity contribution in [2.75, 3.05) is 13.1 Å². The third-order valence-corrected chi connectivity index (χ3v) is 4.29. The minimum Gasteiger partial charge on any atom is -0.357 e. The highest BCUT2D eigenvalue weighted by molar-refractivity contribution is 14.0. The van der Waals surface area contributed by atoms with Crippen molar-refractivity contribution >= 4 is 41.3 Å². The van der Waals surface area contributed by atoms with Crippen molar-refractivity contribution in [3.63, 3.8) is 0 Å². The molecule has 9 heteroatoms. The summed E-state index contributed by atoms with van der Waals surface area (Å²) < 4.78 is 38.3. The number of nitrogens with zero attached hydrogens (tertiary/aromatic N) is 2. The Balaban J connectivity index is 0.00000338. The van der Waals surface area contributed by atoms with Gasteiger partial charge in [0.1, 0.15) is 0 Å². The zero-order chi connectivity index (χ0) is 18.3. The molecule has 1 heterocycles. The zero-order valence-electron chi connectivity index (χ0n) is 14.6. The monoisotopic (exact) mass is 498 g/mol. The normalized spacial score (nSPS) is 11.8. The molecule has 0 saturated carbocycles. The van der Waals surface area contributed by atoms with E-state index in [9.17, 15) is 13.2 Å². The minimum atomic E-state index is -4.34. The first-order chi connectivity index (χ1) is 11.9. The van der Waals surface area contributed by atoms with Crippen LogP contribution in [-0.4, -0.2) is 24.0 Å². The van der Waals surface area contributed by atoms with Gasteiger partial charge >= 0.3 is 6.18 Å². The highest BCUT2D eigenvalue weighted by atomic mass is 127. The van der Waals surface area contributed by atoms with Crippen LogP contribution in [0.25, 0.3) is 0 Å². The predicted octanol–water partition coefficient (Wildman–Crippen LogP) is 4.39. The van der Waals surface area contributed by atoms with E-state index in [1.165, 1.54) is 10.9 Å². The molecule has 1 aromatic heterocycles. The smallest absolute Gasteiger partial charge is 0.357 e. The summed E-state index contributed by atoms with van der Waals surface area (Å²) in [5, 5.41) is 7.31. The number of hydrogen-bond donors (Lipinski definition) is 2. The molecule has 0 amide bonds. The lowest BCUT2D eigenvalue weighted by Gasteiger charge is -2.11. The average Bonchev–Trinajstić information content (AvgIpc) is 2.97. The van der Waals surface area contributed by atoms with Gasteiger partial charge in [0.05, 0.1) is 17.1 Å². The third-order valence-electron chi connectivity index (χ3n) is 3.32. The number of alkyl halides is 3. The summed E-state index contributed by atoms with van der Waals surface area (Å²) in [6.07, 6.45) is -1.73. The Morgan fingerprint density at radius 2 is 2.04 bits per heavy atom. The fraction of sp³-hybridized carbons (Fsp3) is 0.412. The average molecular weight is 498 g/mol. The summed E-state index contributed by atoms with van der Waals surface area (Å²) in [6, 6.07) is 5.23. The summed E-state index contributed by atoms with van der Waals surface area (Å²) in [4.78, 5) is 9.82. The van der Waals surface area contributed by atoms with Gasteiger partial charge in [0.15, 0.2) is 5.96 Å². The molecule has 0 aliphatic heterocycles. The first-order valence-electron chi connectivity index (χ1n) is 7.98. The van der Waals surface area contributed by atoms with Crippen molar-refractivity contribution in [1.82, 2.24) is 15.6 Å². The van der Waals surface area contributed by atoms with Gasteiger partial charge in [-0.05, 0) is 31.5 Å². The lowest BCUT2D eigenvalue weighted by Crippen LogP contribution is -2.38. The molecular formula is C17H22F3IN4S. The van der Waals surface area contributed by atoms with E-state index in [0.29, 0.717) is 24.6 Å². The molecule has 0 aliphatic rings. The van der Waals surface area contributed by atoms with Gasteiger partial charge in [0.2, 0.25) is 0 Å². The quantitative estimate of drug-likeness (QED) is 0.353. The van der Waals surface area contributed by atoms with E-state index < -0.39 is 11.7 Å². The maximum absolute atomic E-state index is 12.8. The van der Waals surface area contributed by atoms with E-state index >= 15 is 0 Å². The maximum atomic E-state index is 12.8. The Morgan fingerprint density at radius 3 is 2.65 bits per heavy atom. The van der Waals surface area contributed by atoms with E-state index in [2.05, 4.69) is 20.6 Å². The Morgan fingerprint density at radius 1 is 1.27 bits per heavy atom. The molecule has 144 valence electrons. The van der Waals surface area contributed by atoms with E-state index in [4.69, 9.17) is 0 Å². The first kappa shape index (κ1) is 22.7. The van der Waals surface area contributed by atoms with Gasteiger partial charge in [-0.1, -0.05) is 12.1 Å². The van der Waals surface area contributed by atoms with Gasteiger partial charge in [0.25, 0.3) is 0 Å². The van der Waals surface area contributed by atoms with Gasteiger partial charge in [-0.15, -0.1) is 35.3 Å². The molecule has 0 bridgehead atoms. The van der Waals surface area contributed by atoms with Crippen molar-refractivity contribution in [3.05, 3.63) is 51.5 Å². The third kappa shape index (κ3) is 7.48. The molecule has 0 radical (unpaired) electrons. The largest absolute Gasteiger partial charge is 0.416 e. The van der Waals surface area contributed by atoms with Gasteiger partial charge in [-0.3, -0.25) is 0 Å². The van der Waals surface area contributed by atoms with E-state index in [-0.39, 0.29) is 30.5 Å². The molecule has 0 fully saturated rings. The van der Waals surface area contributed by atoms with Crippen molar-refractivity contribution in [3.8, 4) is 0 Å². The van der Waals surface area contributed by atoms with Gasteiger partial charge < -0.3 is 10.6 Å². The SMILES string of the molecule is CCNC(=NCc1cccc(C(F)(F)F)c1)NCCc1ncc(C)s1.I. The van der Waals surface area contributed by atoms with Crippen LogP contribution in [0.1, 0.15) is 27.9 Å². The second kappa shape index (κ2) is 10.7. The van der Waals surface area contributed by atoms with E-state index in [1.54, 1.807) is 17.4 Å².